The van der Waals surface area contributed by atoms with Gasteiger partial charge in [-0.2, -0.15) is 0 Å². The van der Waals surface area contributed by atoms with E-state index in [1.807, 2.05) is 54.6 Å². The molecule has 1 heterocycles. The minimum Gasteiger partial charge on any atom is -0.481 e. The zero-order chi connectivity index (χ0) is 16.4. The summed E-state index contributed by atoms with van der Waals surface area (Å²) < 4.78 is 6.20. The van der Waals surface area contributed by atoms with Gasteiger partial charge in [0.15, 0.2) is 6.10 Å². The molecule has 0 bridgehead atoms. The fourth-order valence-electron chi connectivity index (χ4n) is 3.07. The molecule has 118 valence electrons. The molecule has 2 nitrogen and oxygen atoms in total. The molecule has 0 N–H and O–H groups in total. The fourth-order valence-corrected chi connectivity index (χ4v) is 3.47. The van der Waals surface area contributed by atoms with Crippen LogP contribution in [0.4, 0.5) is 5.69 Å². The first kappa shape index (κ1) is 14.9. The Hall–Kier alpha value is -2.65. The Morgan fingerprint density at radius 2 is 1.25 bits per heavy atom. The summed E-state index contributed by atoms with van der Waals surface area (Å²) in [6.45, 7) is 0. The normalized spacial score (nSPS) is 19.7. The largest absolute Gasteiger partial charge is 0.481 e. The standard InChI is InChI=1S/C21H17NOS/c24-21-20(23-18-14-8-3-9-15-18)19(16-10-4-1-5-11-16)22(21)17-12-6-2-7-13-17/h1-15,19-20H/t19?,20-/m1/s1. The molecular weight excluding hydrogens is 314 g/mol. The van der Waals surface area contributed by atoms with Crippen molar-refractivity contribution < 1.29 is 4.74 Å². The number of hydrogen-bond acceptors (Lipinski definition) is 2. The van der Waals surface area contributed by atoms with E-state index < -0.39 is 0 Å². The van der Waals surface area contributed by atoms with Crippen molar-refractivity contribution in [3.8, 4) is 5.75 Å². The van der Waals surface area contributed by atoms with Gasteiger partial charge in [-0.25, -0.2) is 0 Å². The van der Waals surface area contributed by atoms with Gasteiger partial charge in [-0.1, -0.05) is 78.9 Å². The van der Waals surface area contributed by atoms with Gasteiger partial charge >= 0.3 is 0 Å². The van der Waals surface area contributed by atoms with E-state index in [2.05, 4.69) is 41.3 Å². The first-order chi connectivity index (χ1) is 11.8. The lowest BCUT2D eigenvalue weighted by atomic mass is 9.90. The van der Waals surface area contributed by atoms with E-state index in [4.69, 9.17) is 17.0 Å². The van der Waals surface area contributed by atoms with Gasteiger partial charge in [-0.3, -0.25) is 0 Å². The number of rotatable bonds is 4. The first-order valence-electron chi connectivity index (χ1n) is 7.99. The molecule has 0 saturated carbocycles. The van der Waals surface area contributed by atoms with Crippen LogP contribution in [-0.2, 0) is 0 Å². The Morgan fingerprint density at radius 1 is 0.708 bits per heavy atom. The molecular formula is C21H17NOS. The Labute approximate surface area is 147 Å². The Bertz CT molecular complexity index is 820. The maximum absolute atomic E-state index is 6.20. The van der Waals surface area contributed by atoms with Gasteiger partial charge in [0, 0.05) is 5.69 Å². The molecule has 0 aromatic heterocycles. The molecule has 4 rings (SSSR count). The molecule has 0 amide bonds. The number of hydrogen-bond donors (Lipinski definition) is 0. The van der Waals surface area contributed by atoms with E-state index in [0.29, 0.717) is 0 Å². The van der Waals surface area contributed by atoms with E-state index in [-0.39, 0.29) is 12.1 Å². The number of benzene rings is 3. The molecule has 3 aromatic carbocycles. The molecule has 0 radical (unpaired) electrons. The van der Waals surface area contributed by atoms with Gasteiger partial charge in [0.2, 0.25) is 0 Å². The monoisotopic (exact) mass is 331 g/mol. The van der Waals surface area contributed by atoms with Crippen molar-refractivity contribution in [1.82, 2.24) is 0 Å². The molecule has 24 heavy (non-hydrogen) atoms. The second-order valence-corrected chi connectivity index (χ2v) is 6.17. The predicted octanol–water partition coefficient (Wildman–Crippen LogP) is 5.02. The fraction of sp³-hybridized carbons (Fsp3) is 0.0952. The summed E-state index contributed by atoms with van der Waals surface area (Å²) in [6.07, 6.45) is -0.134. The number of nitrogens with zero attached hydrogens (tertiary/aromatic N) is 1. The zero-order valence-electron chi connectivity index (χ0n) is 13.1. The topological polar surface area (TPSA) is 12.5 Å². The highest BCUT2D eigenvalue weighted by molar-refractivity contribution is 7.80. The summed E-state index contributed by atoms with van der Waals surface area (Å²) in [7, 11) is 0. The van der Waals surface area contributed by atoms with E-state index in [9.17, 15) is 0 Å². The molecule has 2 atom stereocenters. The molecule has 0 aliphatic carbocycles. The molecule has 0 spiro atoms. The van der Waals surface area contributed by atoms with Gasteiger partial charge < -0.3 is 9.64 Å². The van der Waals surface area contributed by atoms with Crippen LogP contribution in [0.1, 0.15) is 11.6 Å². The lowest BCUT2D eigenvalue weighted by Crippen LogP contribution is -2.60. The average molecular weight is 331 g/mol. The van der Waals surface area contributed by atoms with Crippen molar-refractivity contribution >= 4 is 22.9 Å². The third kappa shape index (κ3) is 2.68. The second kappa shape index (κ2) is 6.46. The molecule has 1 saturated heterocycles. The molecule has 1 aliphatic rings. The molecule has 3 heteroatoms. The highest BCUT2D eigenvalue weighted by Gasteiger charge is 2.47. The quantitative estimate of drug-likeness (QED) is 0.623. The Morgan fingerprint density at radius 3 is 1.88 bits per heavy atom. The maximum Gasteiger partial charge on any atom is 0.174 e. The lowest BCUT2D eigenvalue weighted by molar-refractivity contribution is 0.207. The Balaban J connectivity index is 1.68. The lowest BCUT2D eigenvalue weighted by Gasteiger charge is -2.49. The van der Waals surface area contributed by atoms with Gasteiger partial charge in [0.1, 0.15) is 16.8 Å². The van der Waals surface area contributed by atoms with Crippen molar-refractivity contribution in [2.45, 2.75) is 12.1 Å². The van der Waals surface area contributed by atoms with Crippen molar-refractivity contribution in [3.63, 3.8) is 0 Å². The van der Waals surface area contributed by atoms with Crippen LogP contribution in [0.3, 0.4) is 0 Å². The Kier molecular flexibility index (Phi) is 4.01. The number of para-hydroxylation sites is 2. The van der Waals surface area contributed by atoms with Crippen LogP contribution in [0, 0.1) is 0 Å². The molecule has 3 aromatic rings. The van der Waals surface area contributed by atoms with E-state index >= 15 is 0 Å². The van der Waals surface area contributed by atoms with Gasteiger partial charge in [0.05, 0.1) is 0 Å². The maximum atomic E-state index is 6.20. The van der Waals surface area contributed by atoms with E-state index in [0.717, 1.165) is 16.4 Å². The number of ether oxygens (including phenoxy) is 1. The molecule has 1 fully saturated rings. The van der Waals surface area contributed by atoms with Crippen LogP contribution in [-0.4, -0.2) is 11.1 Å². The SMILES string of the molecule is S=C1[C@H](Oc2ccccc2)C(c2ccccc2)N1c1ccccc1. The first-order valence-corrected chi connectivity index (χ1v) is 8.40. The summed E-state index contributed by atoms with van der Waals surface area (Å²) in [5.74, 6) is 0.846. The van der Waals surface area contributed by atoms with Crippen LogP contribution in [0.5, 0.6) is 5.75 Å². The van der Waals surface area contributed by atoms with Crippen molar-refractivity contribution in [1.29, 1.82) is 0 Å². The van der Waals surface area contributed by atoms with Crippen LogP contribution < -0.4 is 9.64 Å². The van der Waals surface area contributed by atoms with E-state index in [1.165, 1.54) is 5.56 Å². The van der Waals surface area contributed by atoms with Gasteiger partial charge in [-0.15, -0.1) is 0 Å². The minimum absolute atomic E-state index is 0.0845. The average Bonchev–Trinajstić information content (AvgIpc) is 2.66. The van der Waals surface area contributed by atoms with Crippen LogP contribution in [0.15, 0.2) is 91.0 Å². The summed E-state index contributed by atoms with van der Waals surface area (Å²) in [5, 5.41) is 0. The second-order valence-electron chi connectivity index (χ2n) is 5.75. The third-order valence-electron chi connectivity index (χ3n) is 4.23. The summed E-state index contributed by atoms with van der Waals surface area (Å²) in [5.41, 5.74) is 2.31. The van der Waals surface area contributed by atoms with E-state index in [1.54, 1.807) is 0 Å². The smallest absolute Gasteiger partial charge is 0.174 e. The summed E-state index contributed by atoms with van der Waals surface area (Å²) in [6, 6.07) is 30.6. The van der Waals surface area contributed by atoms with Crippen molar-refractivity contribution in [3.05, 3.63) is 96.6 Å². The third-order valence-corrected chi connectivity index (χ3v) is 4.66. The summed E-state index contributed by atoms with van der Waals surface area (Å²) in [4.78, 5) is 3.00. The highest BCUT2D eigenvalue weighted by Crippen LogP contribution is 2.41. The van der Waals surface area contributed by atoms with Crippen LogP contribution >= 0.6 is 12.2 Å². The number of anilines is 1. The van der Waals surface area contributed by atoms with Crippen LogP contribution in [0.2, 0.25) is 0 Å². The van der Waals surface area contributed by atoms with Gasteiger partial charge in [-0.05, 0) is 29.8 Å². The van der Waals surface area contributed by atoms with Crippen molar-refractivity contribution in [2.75, 3.05) is 4.90 Å². The molecule has 1 aliphatic heterocycles. The zero-order valence-corrected chi connectivity index (χ0v) is 13.9. The predicted molar refractivity (Wildman–Crippen MR) is 102 cm³/mol. The summed E-state index contributed by atoms with van der Waals surface area (Å²) >= 11 is 5.69. The van der Waals surface area contributed by atoms with Crippen LogP contribution in [0.25, 0.3) is 0 Å². The minimum atomic E-state index is -0.134. The highest BCUT2D eigenvalue weighted by atomic mass is 32.1. The van der Waals surface area contributed by atoms with Crippen molar-refractivity contribution in [2.24, 2.45) is 0 Å². The van der Waals surface area contributed by atoms with Gasteiger partial charge in [0.25, 0.3) is 0 Å². The molecule has 1 unspecified atom stereocenters. The number of thiocarbonyl (C=S) groups is 1.